The van der Waals surface area contributed by atoms with Crippen LogP contribution in [-0.4, -0.2) is 34.6 Å². The highest BCUT2D eigenvalue weighted by atomic mass is 35.5. The lowest BCUT2D eigenvalue weighted by Crippen LogP contribution is -2.42. The molecule has 4 aromatic carbocycles. The molecule has 246 valence electrons. The molecule has 6 unspecified atom stereocenters. The molecule has 2 aliphatic carbocycles. The number of thiazole rings is 1. The number of carbonyl (C=O) groups is 3. The molecule has 2 aliphatic heterocycles. The number of amides is 3. The lowest BCUT2D eigenvalue weighted by Gasteiger charge is -2.43. The van der Waals surface area contributed by atoms with E-state index in [-0.39, 0.29) is 58.1 Å². The number of thioether (sulfide) groups is 1. The molecule has 8 nitrogen and oxygen atoms in total. The average molecular weight is 708 g/mol. The van der Waals surface area contributed by atoms with Crippen molar-refractivity contribution >= 4 is 74.6 Å². The minimum Gasteiger partial charge on any atom is -0.483 e. The van der Waals surface area contributed by atoms with E-state index in [0.717, 1.165) is 49.6 Å². The molecular weight excluding hydrogens is 678 g/mol. The molecule has 0 radical (unpaired) electrons. The van der Waals surface area contributed by atoms with Gasteiger partial charge in [-0.15, -0.1) is 11.8 Å². The zero-order valence-corrected chi connectivity index (χ0v) is 28.6. The van der Waals surface area contributed by atoms with Gasteiger partial charge in [-0.2, -0.15) is 0 Å². The van der Waals surface area contributed by atoms with Gasteiger partial charge in [0.25, 0.3) is 5.91 Å². The molecule has 7 atom stereocenters. The first-order valence-electron chi connectivity index (χ1n) is 16.3. The zero-order valence-electron chi connectivity index (χ0n) is 26.2. The second kappa shape index (κ2) is 11.6. The summed E-state index contributed by atoms with van der Waals surface area (Å²) in [5, 5.41) is 6.23. The van der Waals surface area contributed by atoms with Crippen molar-refractivity contribution in [2.75, 3.05) is 16.8 Å². The number of aryl methyl sites for hydroxylation is 1. The smallest absolute Gasteiger partial charge is 0.305 e. The normalized spacial score (nSPS) is 26.5. The fraction of sp³-hybridized carbons (Fsp3) is 0.263. The van der Waals surface area contributed by atoms with E-state index in [1.54, 1.807) is 23.9 Å². The van der Waals surface area contributed by atoms with E-state index in [0.29, 0.717) is 22.1 Å². The van der Waals surface area contributed by atoms with Crippen LogP contribution in [0.25, 0.3) is 10.8 Å². The Kier molecular flexibility index (Phi) is 7.26. The number of anilines is 2. The van der Waals surface area contributed by atoms with Gasteiger partial charge in [0.2, 0.25) is 11.8 Å². The van der Waals surface area contributed by atoms with E-state index in [1.807, 2.05) is 79.7 Å². The fourth-order valence-electron chi connectivity index (χ4n) is 8.87. The molecule has 2 bridgehead atoms. The van der Waals surface area contributed by atoms with E-state index in [4.69, 9.17) is 16.3 Å². The molecule has 2 N–H and O–H groups in total. The molecular formula is C38H30ClN3O5S2. The second-order valence-electron chi connectivity index (χ2n) is 13.4. The summed E-state index contributed by atoms with van der Waals surface area (Å²) in [5.74, 6) is -1.37. The van der Waals surface area contributed by atoms with Gasteiger partial charge in [-0.3, -0.25) is 24.1 Å². The Morgan fingerprint density at radius 1 is 0.959 bits per heavy atom. The van der Waals surface area contributed by atoms with Crippen LogP contribution in [0.15, 0.2) is 94.7 Å². The standard InChI is InChI=1S/C38H30ClN3O5S2/c1-18-9-12-21(13-10-18)42-36(44)31-24-16-25(32(31)37(42)45)33-30(24)29(34-35(48-33)41-38(46)49-34)23-15-20(39)11-14-27(23)47-17-28(43)40-26-8-4-6-19-5-2-3-7-22(19)26/h2-15,24-25,29-33H,16-17H2,1H3,(H,40,43)(H,41,46)/t24?,25?,29-,30?,31?,32?,33?/m1/s1. The van der Waals surface area contributed by atoms with Crippen LogP contribution >= 0.6 is 34.7 Å². The van der Waals surface area contributed by atoms with Gasteiger partial charge in [0.05, 0.1) is 22.5 Å². The predicted molar refractivity (Wildman–Crippen MR) is 192 cm³/mol. The number of benzene rings is 4. The number of rotatable bonds is 6. The molecule has 9 rings (SSSR count). The third kappa shape index (κ3) is 4.87. The number of hydrogen-bond donors (Lipinski definition) is 2. The van der Waals surface area contributed by atoms with Crippen molar-refractivity contribution in [3.63, 3.8) is 0 Å². The number of nitrogens with zero attached hydrogens (tertiary/aromatic N) is 1. The zero-order chi connectivity index (χ0) is 33.6. The third-order valence-electron chi connectivity index (χ3n) is 10.7. The maximum Gasteiger partial charge on any atom is 0.305 e. The fourth-order valence-corrected chi connectivity index (χ4v) is 11.9. The Hall–Kier alpha value is -4.38. The maximum atomic E-state index is 14.1. The van der Waals surface area contributed by atoms with E-state index in [9.17, 15) is 19.2 Å². The van der Waals surface area contributed by atoms with Crippen LogP contribution in [0, 0.1) is 36.5 Å². The van der Waals surface area contributed by atoms with Crippen LogP contribution in [0.5, 0.6) is 5.75 Å². The highest BCUT2D eigenvalue weighted by Gasteiger charge is 2.69. The Morgan fingerprint density at radius 2 is 1.71 bits per heavy atom. The number of H-pyrrole nitrogens is 1. The number of fused-ring (bicyclic) bond motifs is 10. The SMILES string of the molecule is Cc1ccc(N2C(=O)C3C4CC(C3C2=O)C2C4Sc3[nH]c(=O)sc3[C@@H]2c2cc(Cl)ccc2OCC(=O)Nc2cccc3ccccc23)cc1. The Bertz CT molecular complexity index is 2240. The maximum absolute atomic E-state index is 14.1. The van der Waals surface area contributed by atoms with Crippen LogP contribution < -0.4 is 19.8 Å². The largest absolute Gasteiger partial charge is 0.483 e. The van der Waals surface area contributed by atoms with Crippen molar-refractivity contribution in [1.29, 1.82) is 0 Å². The molecule has 11 heteroatoms. The summed E-state index contributed by atoms with van der Waals surface area (Å²) < 4.78 is 6.26. The number of hydrogen-bond acceptors (Lipinski definition) is 7. The Morgan fingerprint density at radius 3 is 2.53 bits per heavy atom. The lowest BCUT2D eigenvalue weighted by atomic mass is 9.68. The van der Waals surface area contributed by atoms with Crippen molar-refractivity contribution in [2.24, 2.45) is 29.6 Å². The molecule has 3 heterocycles. The molecule has 5 aromatic rings. The van der Waals surface area contributed by atoms with Gasteiger partial charge in [0, 0.05) is 37.7 Å². The van der Waals surface area contributed by atoms with Gasteiger partial charge in [-0.05, 0) is 72.9 Å². The summed E-state index contributed by atoms with van der Waals surface area (Å²) in [6.45, 7) is 1.74. The number of ether oxygens (including phenoxy) is 1. The van der Waals surface area contributed by atoms with E-state index in [2.05, 4.69) is 10.3 Å². The highest BCUT2D eigenvalue weighted by Crippen LogP contribution is 2.69. The van der Waals surface area contributed by atoms with Crippen molar-refractivity contribution in [3.05, 3.63) is 116 Å². The van der Waals surface area contributed by atoms with E-state index >= 15 is 0 Å². The summed E-state index contributed by atoms with van der Waals surface area (Å²) in [5.41, 5.74) is 3.13. The molecule has 1 saturated heterocycles. The van der Waals surface area contributed by atoms with Crippen LogP contribution in [0.3, 0.4) is 0 Å². The van der Waals surface area contributed by atoms with E-state index in [1.165, 1.54) is 4.90 Å². The van der Waals surface area contributed by atoms with Crippen LogP contribution in [0.4, 0.5) is 11.4 Å². The van der Waals surface area contributed by atoms with Crippen LogP contribution in [0.1, 0.15) is 28.3 Å². The molecule has 2 saturated carbocycles. The molecule has 3 amide bonds. The summed E-state index contributed by atoms with van der Waals surface area (Å²) >= 11 is 9.42. The number of carbonyl (C=O) groups excluding carboxylic acids is 3. The molecule has 1 aromatic heterocycles. The monoisotopic (exact) mass is 707 g/mol. The topological polar surface area (TPSA) is 109 Å². The first kappa shape index (κ1) is 30.7. The second-order valence-corrected chi connectivity index (χ2v) is 16.0. The van der Waals surface area contributed by atoms with Crippen LogP contribution in [0.2, 0.25) is 5.02 Å². The van der Waals surface area contributed by atoms with Crippen LogP contribution in [-0.2, 0) is 14.4 Å². The Balaban J connectivity index is 1.05. The van der Waals surface area contributed by atoms with Gasteiger partial charge in [0.15, 0.2) is 6.61 Å². The quantitative estimate of drug-likeness (QED) is 0.180. The molecule has 49 heavy (non-hydrogen) atoms. The van der Waals surface area contributed by atoms with Gasteiger partial charge in [0.1, 0.15) is 5.75 Å². The summed E-state index contributed by atoms with van der Waals surface area (Å²) in [7, 11) is 0. The number of aromatic nitrogens is 1. The number of halogens is 1. The van der Waals surface area contributed by atoms with Crippen molar-refractivity contribution in [3.8, 4) is 5.75 Å². The lowest BCUT2D eigenvalue weighted by molar-refractivity contribution is -0.123. The predicted octanol–water partition coefficient (Wildman–Crippen LogP) is 7.25. The minimum absolute atomic E-state index is 0.00482. The molecule has 3 fully saturated rings. The highest BCUT2D eigenvalue weighted by molar-refractivity contribution is 8.00. The van der Waals surface area contributed by atoms with Gasteiger partial charge >= 0.3 is 4.87 Å². The number of imide groups is 1. The van der Waals surface area contributed by atoms with E-state index < -0.39 is 11.8 Å². The average Bonchev–Trinajstić information content (AvgIpc) is 3.83. The van der Waals surface area contributed by atoms with Gasteiger partial charge in [-0.25, -0.2) is 0 Å². The van der Waals surface area contributed by atoms with Gasteiger partial charge in [-0.1, -0.05) is 77.0 Å². The van der Waals surface area contributed by atoms with Crippen molar-refractivity contribution in [2.45, 2.75) is 29.5 Å². The minimum atomic E-state index is -0.435. The number of aromatic amines is 1. The first-order chi connectivity index (χ1) is 23.8. The third-order valence-corrected chi connectivity index (χ3v) is 13.6. The molecule has 0 spiro atoms. The van der Waals surface area contributed by atoms with Gasteiger partial charge < -0.3 is 15.0 Å². The summed E-state index contributed by atoms with van der Waals surface area (Å²) in [6, 6.07) is 26.5. The summed E-state index contributed by atoms with van der Waals surface area (Å²) in [6.07, 6.45) is 0.761. The molecule has 4 aliphatic rings. The Labute approximate surface area is 294 Å². The number of nitrogens with one attached hydrogen (secondary N) is 2. The van der Waals surface area contributed by atoms with Crippen molar-refractivity contribution in [1.82, 2.24) is 4.98 Å². The first-order valence-corrected chi connectivity index (χ1v) is 18.4. The summed E-state index contributed by atoms with van der Waals surface area (Å²) in [4.78, 5) is 59.3. The van der Waals surface area contributed by atoms with Crippen molar-refractivity contribution < 1.29 is 19.1 Å².